The molecule has 1 N–H and O–H groups in total. The van der Waals surface area contributed by atoms with Crippen molar-refractivity contribution in [3.8, 4) is 11.5 Å². The zero-order chi connectivity index (χ0) is 21.0. The molecule has 2 aromatic rings. The van der Waals surface area contributed by atoms with Gasteiger partial charge < -0.3 is 19.5 Å². The molecular formula is C21H24ClNO5. The van der Waals surface area contributed by atoms with Crippen LogP contribution in [0.25, 0.3) is 0 Å². The minimum Gasteiger partial charge on any atom is -0.493 e. The fraction of sp³-hybridized carbons (Fsp3) is 0.333. The summed E-state index contributed by atoms with van der Waals surface area (Å²) in [7, 11) is 2.88. The molecule has 0 aliphatic carbocycles. The van der Waals surface area contributed by atoms with Gasteiger partial charge in [-0.25, -0.2) is 4.79 Å². The molecular weight excluding hydrogens is 382 g/mol. The number of rotatable bonds is 6. The molecule has 0 heterocycles. The molecule has 0 aliphatic heterocycles. The smallest absolute Gasteiger partial charge is 0.339 e. The van der Waals surface area contributed by atoms with E-state index in [0.717, 1.165) is 16.7 Å². The van der Waals surface area contributed by atoms with Crippen LogP contribution in [0.1, 0.15) is 34.0 Å². The highest BCUT2D eigenvalue weighted by Gasteiger charge is 2.22. The Balaban J connectivity index is 2.14. The highest BCUT2D eigenvalue weighted by Crippen LogP contribution is 2.36. The van der Waals surface area contributed by atoms with E-state index in [0.29, 0.717) is 17.2 Å². The van der Waals surface area contributed by atoms with E-state index >= 15 is 0 Å². The first-order valence-electron chi connectivity index (χ1n) is 8.69. The zero-order valence-corrected chi connectivity index (χ0v) is 17.6. The number of carbonyl (C=O) groups is 2. The summed E-state index contributed by atoms with van der Waals surface area (Å²) >= 11 is 6.12. The van der Waals surface area contributed by atoms with Gasteiger partial charge in [-0.15, -0.1) is 0 Å². The Bertz CT molecular complexity index is 887. The summed E-state index contributed by atoms with van der Waals surface area (Å²) in [6.07, 6.45) is -1.00. The molecule has 1 amide bonds. The molecule has 2 rings (SSSR count). The lowest BCUT2D eigenvalue weighted by atomic mass is 10.0. The lowest BCUT2D eigenvalue weighted by Gasteiger charge is -2.17. The van der Waals surface area contributed by atoms with Gasteiger partial charge >= 0.3 is 5.97 Å². The fourth-order valence-corrected chi connectivity index (χ4v) is 3.21. The van der Waals surface area contributed by atoms with E-state index in [1.807, 2.05) is 32.9 Å². The standard InChI is InChI=1S/C21H24ClNO5/c1-11-7-12(2)18(13(3)8-11)23-20(24)14(4)28-21(25)15-9-16(22)19(27-6)17(10-15)26-5/h7-10,14H,1-6H3,(H,23,24)/t14-/m1/s1. The molecule has 0 aromatic heterocycles. The number of hydrogen-bond donors (Lipinski definition) is 1. The molecule has 0 saturated carbocycles. The van der Waals surface area contributed by atoms with Gasteiger partial charge in [0.25, 0.3) is 5.91 Å². The second-order valence-corrected chi connectivity index (χ2v) is 6.91. The van der Waals surface area contributed by atoms with Crippen LogP contribution in [0.2, 0.25) is 5.02 Å². The highest BCUT2D eigenvalue weighted by atomic mass is 35.5. The Morgan fingerprint density at radius 3 is 2.14 bits per heavy atom. The Labute approximate surface area is 169 Å². The number of halogens is 1. The molecule has 0 spiro atoms. The molecule has 0 radical (unpaired) electrons. The molecule has 0 bridgehead atoms. The average molecular weight is 406 g/mol. The van der Waals surface area contributed by atoms with Gasteiger partial charge in [-0.2, -0.15) is 0 Å². The Kier molecular flexibility index (Phi) is 6.91. The van der Waals surface area contributed by atoms with Crippen molar-refractivity contribution in [2.75, 3.05) is 19.5 Å². The molecule has 0 saturated heterocycles. The first kappa shape index (κ1) is 21.6. The molecule has 0 fully saturated rings. The third-order valence-corrected chi connectivity index (χ3v) is 4.53. The van der Waals surface area contributed by atoms with Gasteiger partial charge in [-0.1, -0.05) is 29.3 Å². The maximum Gasteiger partial charge on any atom is 0.339 e. The van der Waals surface area contributed by atoms with Gasteiger partial charge in [-0.3, -0.25) is 4.79 Å². The molecule has 7 heteroatoms. The van der Waals surface area contributed by atoms with Gasteiger partial charge in [-0.05, 0) is 51.0 Å². The van der Waals surface area contributed by atoms with Crippen LogP contribution in [-0.2, 0) is 9.53 Å². The van der Waals surface area contributed by atoms with Crippen molar-refractivity contribution >= 4 is 29.2 Å². The van der Waals surface area contributed by atoms with Crippen molar-refractivity contribution < 1.29 is 23.8 Å². The Hall–Kier alpha value is -2.73. The zero-order valence-electron chi connectivity index (χ0n) is 16.8. The lowest BCUT2D eigenvalue weighted by molar-refractivity contribution is -0.123. The van der Waals surface area contributed by atoms with Gasteiger partial charge in [0, 0.05) is 5.69 Å². The summed E-state index contributed by atoms with van der Waals surface area (Å²) in [5.74, 6) is -0.500. The minimum atomic E-state index is -1.00. The number of benzene rings is 2. The summed E-state index contributed by atoms with van der Waals surface area (Å²) in [6.45, 7) is 7.33. The molecule has 150 valence electrons. The Morgan fingerprint density at radius 2 is 1.61 bits per heavy atom. The number of anilines is 1. The molecule has 0 aliphatic rings. The first-order chi connectivity index (χ1) is 13.2. The van der Waals surface area contributed by atoms with Crippen LogP contribution in [0.4, 0.5) is 5.69 Å². The molecule has 28 heavy (non-hydrogen) atoms. The van der Waals surface area contributed by atoms with Gasteiger partial charge in [0.1, 0.15) is 0 Å². The summed E-state index contributed by atoms with van der Waals surface area (Å²) in [5, 5.41) is 3.03. The number of hydrogen-bond acceptors (Lipinski definition) is 5. The van der Waals surface area contributed by atoms with Crippen LogP contribution in [0.15, 0.2) is 24.3 Å². The largest absolute Gasteiger partial charge is 0.493 e. The summed E-state index contributed by atoms with van der Waals surface area (Å²) in [5.41, 5.74) is 3.86. The van der Waals surface area contributed by atoms with Crippen molar-refractivity contribution in [2.24, 2.45) is 0 Å². The van der Waals surface area contributed by atoms with E-state index in [1.165, 1.54) is 33.3 Å². The predicted octanol–water partition coefficient (Wildman–Crippen LogP) is 4.47. The van der Waals surface area contributed by atoms with Crippen LogP contribution >= 0.6 is 11.6 Å². The average Bonchev–Trinajstić information content (AvgIpc) is 2.63. The number of esters is 1. The van der Waals surface area contributed by atoms with Crippen LogP contribution in [0, 0.1) is 20.8 Å². The quantitative estimate of drug-likeness (QED) is 0.718. The van der Waals surface area contributed by atoms with Gasteiger partial charge in [0.2, 0.25) is 0 Å². The summed E-state index contributed by atoms with van der Waals surface area (Å²) < 4.78 is 15.6. The van der Waals surface area contributed by atoms with Gasteiger partial charge in [0.05, 0.1) is 24.8 Å². The van der Waals surface area contributed by atoms with Crippen molar-refractivity contribution in [1.29, 1.82) is 0 Å². The van der Waals surface area contributed by atoms with Crippen molar-refractivity contribution in [3.63, 3.8) is 0 Å². The summed E-state index contributed by atoms with van der Waals surface area (Å²) in [6, 6.07) is 6.81. The van der Waals surface area contributed by atoms with Crippen LogP contribution < -0.4 is 14.8 Å². The first-order valence-corrected chi connectivity index (χ1v) is 9.07. The van der Waals surface area contributed by atoms with Crippen molar-refractivity contribution in [3.05, 3.63) is 51.5 Å². The van der Waals surface area contributed by atoms with Crippen LogP contribution in [0.5, 0.6) is 11.5 Å². The molecule has 1 atom stereocenters. The number of ether oxygens (including phenoxy) is 3. The van der Waals surface area contributed by atoms with Crippen LogP contribution in [-0.4, -0.2) is 32.2 Å². The normalized spacial score (nSPS) is 11.5. The lowest BCUT2D eigenvalue weighted by Crippen LogP contribution is -2.30. The SMILES string of the molecule is COc1cc(C(=O)O[C@H](C)C(=O)Nc2c(C)cc(C)cc2C)cc(Cl)c1OC. The van der Waals surface area contributed by atoms with E-state index in [1.54, 1.807) is 0 Å². The second-order valence-electron chi connectivity index (χ2n) is 6.50. The molecule has 6 nitrogen and oxygen atoms in total. The number of methoxy groups -OCH3 is 2. The van der Waals surface area contributed by atoms with E-state index in [-0.39, 0.29) is 10.6 Å². The second kappa shape index (κ2) is 8.97. The minimum absolute atomic E-state index is 0.157. The molecule has 0 unspecified atom stereocenters. The third kappa shape index (κ3) is 4.75. The van der Waals surface area contributed by atoms with Crippen LogP contribution in [0.3, 0.4) is 0 Å². The maximum atomic E-state index is 12.5. The Morgan fingerprint density at radius 1 is 1.00 bits per heavy atom. The number of aryl methyl sites for hydroxylation is 3. The van der Waals surface area contributed by atoms with Crippen molar-refractivity contribution in [1.82, 2.24) is 0 Å². The third-order valence-electron chi connectivity index (χ3n) is 4.25. The topological polar surface area (TPSA) is 73.9 Å². The van der Waals surface area contributed by atoms with E-state index in [9.17, 15) is 9.59 Å². The number of amides is 1. The highest BCUT2D eigenvalue weighted by molar-refractivity contribution is 6.32. The van der Waals surface area contributed by atoms with E-state index < -0.39 is 18.0 Å². The molecule has 2 aromatic carbocycles. The maximum absolute atomic E-state index is 12.5. The summed E-state index contributed by atoms with van der Waals surface area (Å²) in [4.78, 5) is 25.0. The fourth-order valence-electron chi connectivity index (χ4n) is 2.92. The van der Waals surface area contributed by atoms with Crippen molar-refractivity contribution in [2.45, 2.75) is 33.8 Å². The number of nitrogens with one attached hydrogen (secondary N) is 1. The predicted molar refractivity (Wildman–Crippen MR) is 109 cm³/mol. The van der Waals surface area contributed by atoms with Gasteiger partial charge in [0.15, 0.2) is 17.6 Å². The monoisotopic (exact) mass is 405 g/mol. The number of carbonyl (C=O) groups excluding carboxylic acids is 2. The van der Waals surface area contributed by atoms with E-state index in [4.69, 9.17) is 25.8 Å². The van der Waals surface area contributed by atoms with E-state index in [2.05, 4.69) is 5.32 Å².